The number of carbonyl (C=O) groups excluding carboxylic acids is 1. The third-order valence-corrected chi connectivity index (χ3v) is 5.28. The van der Waals surface area contributed by atoms with E-state index in [9.17, 15) is 13.2 Å². The molecule has 0 bridgehead atoms. The van der Waals surface area contributed by atoms with Crippen LogP contribution in [0, 0.1) is 5.92 Å². The number of hydrogen-bond acceptors (Lipinski definition) is 3. The van der Waals surface area contributed by atoms with Crippen LogP contribution in [0.3, 0.4) is 0 Å². The second-order valence-corrected chi connectivity index (χ2v) is 9.35. The normalized spacial score (nSPS) is 12.6. The molecule has 0 aliphatic rings. The predicted octanol–water partition coefficient (Wildman–Crippen LogP) is 3.47. The lowest BCUT2D eigenvalue weighted by Gasteiger charge is -2.22. The highest BCUT2D eigenvalue weighted by Crippen LogP contribution is 2.23. The molecule has 0 aliphatic heterocycles. The fourth-order valence-electron chi connectivity index (χ4n) is 2.94. The largest absolute Gasteiger partial charge is 0.338 e. The molecule has 2 aromatic rings. The molecule has 2 rings (SSSR count). The quantitative estimate of drug-likeness (QED) is 0.727. The van der Waals surface area contributed by atoms with Crippen LogP contribution in [0.1, 0.15) is 36.5 Å². The molecule has 27 heavy (non-hydrogen) atoms. The van der Waals surface area contributed by atoms with Gasteiger partial charge < -0.3 is 10.6 Å². The van der Waals surface area contributed by atoms with Crippen LogP contribution in [0.5, 0.6) is 0 Å². The van der Waals surface area contributed by atoms with Crippen molar-refractivity contribution in [3.63, 3.8) is 0 Å². The first kappa shape index (κ1) is 21.0. The summed E-state index contributed by atoms with van der Waals surface area (Å²) in [6, 6.07) is 17.2. The molecule has 1 unspecified atom stereocenters. The van der Waals surface area contributed by atoms with Crippen LogP contribution in [0.25, 0.3) is 0 Å². The fourth-order valence-corrected chi connectivity index (χ4v) is 3.74. The first-order valence-electron chi connectivity index (χ1n) is 9.07. The van der Waals surface area contributed by atoms with E-state index in [1.54, 1.807) is 12.1 Å². The highest BCUT2D eigenvalue weighted by molar-refractivity contribution is 7.89. The molecule has 5 nitrogen and oxygen atoms in total. The Balaban J connectivity index is 1.83. The maximum absolute atomic E-state index is 12.1. The molecule has 0 saturated heterocycles. The second-order valence-electron chi connectivity index (χ2n) is 7.21. The van der Waals surface area contributed by atoms with Crippen molar-refractivity contribution in [2.75, 3.05) is 12.8 Å². The molecule has 0 radical (unpaired) electrons. The van der Waals surface area contributed by atoms with Crippen molar-refractivity contribution in [2.45, 2.75) is 32.1 Å². The molecule has 0 heterocycles. The van der Waals surface area contributed by atoms with E-state index in [1.165, 1.54) is 11.8 Å². The summed E-state index contributed by atoms with van der Waals surface area (Å²) in [7, 11) is -3.04. The van der Waals surface area contributed by atoms with Gasteiger partial charge in [-0.25, -0.2) is 13.2 Å². The molecule has 2 amide bonds. The standard InChI is InChI=1S/C21H28N2O3S/c1-16(2)20(19-7-5-4-6-8-19)14-23-21(24)22-13-17-9-11-18(12-10-17)15-27(3,25)26/h4-12,16,20H,13-15H2,1-3H3,(H2,22,23,24). The molecular formula is C21H28N2O3S. The van der Waals surface area contributed by atoms with Gasteiger partial charge >= 0.3 is 6.03 Å². The highest BCUT2D eigenvalue weighted by atomic mass is 32.2. The van der Waals surface area contributed by atoms with E-state index in [1.807, 2.05) is 30.3 Å². The summed E-state index contributed by atoms with van der Waals surface area (Å²) < 4.78 is 22.6. The molecule has 0 aromatic heterocycles. The average molecular weight is 389 g/mol. The van der Waals surface area contributed by atoms with Gasteiger partial charge in [-0.1, -0.05) is 68.4 Å². The zero-order chi connectivity index (χ0) is 19.9. The Morgan fingerprint density at radius 3 is 2.07 bits per heavy atom. The molecule has 0 fully saturated rings. The zero-order valence-electron chi connectivity index (χ0n) is 16.1. The van der Waals surface area contributed by atoms with E-state index < -0.39 is 9.84 Å². The zero-order valence-corrected chi connectivity index (χ0v) is 16.9. The topological polar surface area (TPSA) is 75.3 Å². The Bertz CT molecular complexity index is 831. The van der Waals surface area contributed by atoms with E-state index in [-0.39, 0.29) is 17.7 Å². The van der Waals surface area contributed by atoms with Crippen molar-refractivity contribution in [2.24, 2.45) is 5.92 Å². The number of nitrogens with one attached hydrogen (secondary N) is 2. The molecule has 0 aliphatic carbocycles. The van der Waals surface area contributed by atoms with Crippen molar-refractivity contribution >= 4 is 15.9 Å². The molecule has 146 valence electrons. The highest BCUT2D eigenvalue weighted by Gasteiger charge is 2.16. The van der Waals surface area contributed by atoms with E-state index in [2.05, 4.69) is 36.6 Å². The van der Waals surface area contributed by atoms with Gasteiger partial charge in [0.1, 0.15) is 0 Å². The Labute approximate surface area is 162 Å². The first-order chi connectivity index (χ1) is 12.7. The molecule has 2 aromatic carbocycles. The maximum Gasteiger partial charge on any atom is 0.315 e. The van der Waals surface area contributed by atoms with Crippen LogP contribution in [0.2, 0.25) is 0 Å². The van der Waals surface area contributed by atoms with Gasteiger partial charge in [0.2, 0.25) is 0 Å². The van der Waals surface area contributed by atoms with Crippen LogP contribution >= 0.6 is 0 Å². The molecule has 6 heteroatoms. The summed E-state index contributed by atoms with van der Waals surface area (Å²) in [6.45, 7) is 5.26. The maximum atomic E-state index is 12.1. The minimum Gasteiger partial charge on any atom is -0.338 e. The summed E-state index contributed by atoms with van der Waals surface area (Å²) in [5, 5.41) is 5.79. The van der Waals surface area contributed by atoms with Crippen LogP contribution in [0.4, 0.5) is 4.79 Å². The molecular weight excluding hydrogens is 360 g/mol. The predicted molar refractivity (Wildman–Crippen MR) is 109 cm³/mol. The second kappa shape index (κ2) is 9.55. The third kappa shape index (κ3) is 7.43. The van der Waals surface area contributed by atoms with Crippen LogP contribution < -0.4 is 10.6 Å². The summed E-state index contributed by atoms with van der Waals surface area (Å²) in [5.74, 6) is 0.694. The van der Waals surface area contributed by atoms with E-state index in [0.29, 0.717) is 19.0 Å². The monoisotopic (exact) mass is 388 g/mol. The third-order valence-electron chi connectivity index (χ3n) is 4.42. The molecule has 0 spiro atoms. The van der Waals surface area contributed by atoms with Gasteiger partial charge in [0.25, 0.3) is 0 Å². The van der Waals surface area contributed by atoms with Crippen LogP contribution in [-0.4, -0.2) is 27.2 Å². The lowest BCUT2D eigenvalue weighted by Crippen LogP contribution is -2.38. The summed E-state index contributed by atoms with van der Waals surface area (Å²) in [5.41, 5.74) is 2.88. The van der Waals surface area contributed by atoms with Gasteiger partial charge in [0.05, 0.1) is 5.75 Å². The van der Waals surface area contributed by atoms with Crippen molar-refractivity contribution in [3.05, 3.63) is 71.3 Å². The molecule has 1 atom stereocenters. The first-order valence-corrected chi connectivity index (χ1v) is 11.1. The van der Waals surface area contributed by atoms with Gasteiger partial charge in [-0.05, 0) is 22.6 Å². The number of amides is 2. The van der Waals surface area contributed by atoms with Crippen molar-refractivity contribution in [3.8, 4) is 0 Å². The van der Waals surface area contributed by atoms with Gasteiger partial charge in [0.15, 0.2) is 9.84 Å². The van der Waals surface area contributed by atoms with E-state index >= 15 is 0 Å². The van der Waals surface area contributed by atoms with Gasteiger partial charge in [-0.15, -0.1) is 0 Å². The van der Waals surface area contributed by atoms with Gasteiger partial charge in [0, 0.05) is 25.3 Å². The smallest absolute Gasteiger partial charge is 0.315 e. The number of carbonyl (C=O) groups is 1. The lowest BCUT2D eigenvalue weighted by atomic mass is 9.88. The molecule has 0 saturated carbocycles. The van der Waals surface area contributed by atoms with Crippen molar-refractivity contribution < 1.29 is 13.2 Å². The van der Waals surface area contributed by atoms with Crippen LogP contribution in [0.15, 0.2) is 54.6 Å². The number of hydrogen-bond donors (Lipinski definition) is 2. The Morgan fingerprint density at radius 2 is 1.52 bits per heavy atom. The molecule has 2 N–H and O–H groups in total. The average Bonchev–Trinajstić information content (AvgIpc) is 2.60. The number of rotatable bonds is 8. The Kier molecular flexibility index (Phi) is 7.42. The summed E-state index contributed by atoms with van der Waals surface area (Å²) in [6.07, 6.45) is 1.21. The summed E-state index contributed by atoms with van der Waals surface area (Å²) in [4.78, 5) is 12.1. The summed E-state index contributed by atoms with van der Waals surface area (Å²) >= 11 is 0. The van der Waals surface area contributed by atoms with Gasteiger partial charge in [-0.3, -0.25) is 0 Å². The Hall–Kier alpha value is -2.34. The SMILES string of the molecule is CC(C)C(CNC(=O)NCc1ccc(CS(C)(=O)=O)cc1)c1ccccc1. The van der Waals surface area contributed by atoms with E-state index in [0.717, 1.165) is 11.1 Å². The van der Waals surface area contributed by atoms with E-state index in [4.69, 9.17) is 0 Å². The fraction of sp³-hybridized carbons (Fsp3) is 0.381. The number of sulfone groups is 1. The van der Waals surface area contributed by atoms with Crippen molar-refractivity contribution in [1.29, 1.82) is 0 Å². The van der Waals surface area contributed by atoms with Gasteiger partial charge in [-0.2, -0.15) is 0 Å². The Morgan fingerprint density at radius 1 is 0.926 bits per heavy atom. The van der Waals surface area contributed by atoms with Crippen molar-refractivity contribution in [1.82, 2.24) is 10.6 Å². The number of urea groups is 1. The minimum absolute atomic E-state index is 0.0251. The van der Waals surface area contributed by atoms with Crippen LogP contribution in [-0.2, 0) is 22.1 Å². The number of benzene rings is 2. The minimum atomic E-state index is -3.04. The lowest BCUT2D eigenvalue weighted by molar-refractivity contribution is 0.239.